The van der Waals surface area contributed by atoms with Gasteiger partial charge in [-0.3, -0.25) is 14.5 Å². The highest BCUT2D eigenvalue weighted by Crippen LogP contribution is 2.33. The predicted molar refractivity (Wildman–Crippen MR) is 143 cm³/mol. The zero-order valence-electron chi connectivity index (χ0n) is 22.7. The summed E-state index contributed by atoms with van der Waals surface area (Å²) >= 11 is 0. The van der Waals surface area contributed by atoms with Gasteiger partial charge in [0.05, 0.1) is 38.1 Å². The molecule has 4 bridgehead atoms. The molecule has 3 aromatic rings. The smallest absolute Gasteiger partial charge is 0.259 e. The largest absolute Gasteiger partial charge is 0.493 e. The third-order valence-corrected chi connectivity index (χ3v) is 7.07. The van der Waals surface area contributed by atoms with Gasteiger partial charge in [0.25, 0.3) is 5.91 Å². The highest BCUT2D eigenvalue weighted by molar-refractivity contribution is 5.96. The molecule has 0 spiro atoms. The summed E-state index contributed by atoms with van der Waals surface area (Å²) in [4.78, 5) is 30.2. The molecule has 1 saturated heterocycles. The van der Waals surface area contributed by atoms with Gasteiger partial charge in [0.2, 0.25) is 5.91 Å². The van der Waals surface area contributed by atoms with E-state index in [1.807, 2.05) is 61.3 Å². The average Bonchev–Trinajstić information content (AvgIpc) is 3.49. The summed E-state index contributed by atoms with van der Waals surface area (Å²) in [5.41, 5.74) is 3.02. The molecular weight excluding hydrogens is 500 g/mol. The zero-order chi connectivity index (χ0) is 27.5. The molecule has 2 amide bonds. The Morgan fingerprint density at radius 3 is 2.79 bits per heavy atom. The highest BCUT2D eigenvalue weighted by Gasteiger charge is 2.39. The Balaban J connectivity index is 1.41. The Labute approximate surface area is 227 Å². The lowest BCUT2D eigenvalue weighted by Gasteiger charge is -2.23. The maximum absolute atomic E-state index is 13.5. The number of aromatic nitrogens is 1. The van der Waals surface area contributed by atoms with Gasteiger partial charge in [0, 0.05) is 19.6 Å². The van der Waals surface area contributed by atoms with Crippen LogP contribution >= 0.6 is 0 Å². The van der Waals surface area contributed by atoms with Crippen molar-refractivity contribution in [2.45, 2.75) is 45.6 Å². The van der Waals surface area contributed by atoms with Crippen molar-refractivity contribution in [1.29, 1.82) is 0 Å². The van der Waals surface area contributed by atoms with Crippen LogP contribution in [0, 0.1) is 6.92 Å². The molecule has 39 heavy (non-hydrogen) atoms. The normalized spacial score (nSPS) is 20.2. The number of benzene rings is 2. The van der Waals surface area contributed by atoms with Gasteiger partial charge in [0.1, 0.15) is 17.1 Å². The predicted octanol–water partition coefficient (Wildman–Crippen LogP) is 3.32. The number of nitrogens with one attached hydrogen (secondary N) is 1. The van der Waals surface area contributed by atoms with E-state index >= 15 is 0 Å². The van der Waals surface area contributed by atoms with Gasteiger partial charge >= 0.3 is 0 Å². The zero-order valence-corrected chi connectivity index (χ0v) is 22.7. The Bertz CT molecular complexity index is 1360. The number of hydrogen-bond acceptors (Lipinski definition) is 8. The second-order valence-electron chi connectivity index (χ2n) is 10.1. The van der Waals surface area contributed by atoms with Crippen LogP contribution in [0.5, 0.6) is 17.2 Å². The third kappa shape index (κ3) is 5.91. The first-order chi connectivity index (χ1) is 18.8. The van der Waals surface area contributed by atoms with Crippen LogP contribution in [-0.2, 0) is 29.1 Å². The number of fused-ring (bicyclic) bond motifs is 5. The minimum atomic E-state index is -0.390. The number of aryl methyl sites for hydroxylation is 2. The molecule has 1 N–H and O–H groups in total. The first kappa shape index (κ1) is 26.7. The number of likely N-dealkylation sites (N-methyl/N-ethyl adjacent to an activating group) is 1. The van der Waals surface area contributed by atoms with Crippen LogP contribution in [0.25, 0.3) is 0 Å². The lowest BCUT2D eigenvalue weighted by molar-refractivity contribution is -0.123. The lowest BCUT2D eigenvalue weighted by atomic mass is 10.1. The van der Waals surface area contributed by atoms with E-state index in [0.29, 0.717) is 66.9 Å². The topological polar surface area (TPSA) is 106 Å². The summed E-state index contributed by atoms with van der Waals surface area (Å²) in [7, 11) is 3.49. The van der Waals surface area contributed by atoms with Crippen molar-refractivity contribution < 1.29 is 28.3 Å². The van der Waals surface area contributed by atoms with Gasteiger partial charge in [-0.25, -0.2) is 0 Å². The molecule has 10 heteroatoms. The molecule has 2 aliphatic heterocycles. The molecule has 1 fully saturated rings. The first-order valence-electron chi connectivity index (χ1n) is 13.1. The summed E-state index contributed by atoms with van der Waals surface area (Å²) in [6.45, 7) is 5.36. The minimum Gasteiger partial charge on any atom is -0.493 e. The van der Waals surface area contributed by atoms with Crippen LogP contribution in [0.2, 0.25) is 0 Å². The van der Waals surface area contributed by atoms with Crippen molar-refractivity contribution >= 4 is 11.8 Å². The summed E-state index contributed by atoms with van der Waals surface area (Å²) in [6, 6.07) is 13.1. The second-order valence-corrected chi connectivity index (χ2v) is 10.1. The van der Waals surface area contributed by atoms with E-state index in [2.05, 4.69) is 10.5 Å². The number of rotatable bonds is 3. The summed E-state index contributed by atoms with van der Waals surface area (Å²) in [6.07, 6.45) is 0.199. The fourth-order valence-corrected chi connectivity index (χ4v) is 5.13. The average molecular weight is 535 g/mol. The monoisotopic (exact) mass is 534 g/mol. The van der Waals surface area contributed by atoms with Crippen LogP contribution in [0.3, 0.4) is 0 Å². The van der Waals surface area contributed by atoms with Crippen molar-refractivity contribution in [2.75, 3.05) is 33.8 Å². The van der Waals surface area contributed by atoms with Gasteiger partial charge in [0.15, 0.2) is 11.5 Å². The number of likely N-dealkylation sites (tertiary alicyclic amines) is 1. The van der Waals surface area contributed by atoms with Crippen LogP contribution in [0.15, 0.2) is 47.0 Å². The van der Waals surface area contributed by atoms with Crippen molar-refractivity contribution in [3.63, 3.8) is 0 Å². The van der Waals surface area contributed by atoms with E-state index in [-0.39, 0.29) is 24.4 Å². The molecule has 10 nitrogen and oxygen atoms in total. The van der Waals surface area contributed by atoms with Crippen LogP contribution in [0.1, 0.15) is 39.9 Å². The molecule has 2 aliphatic rings. The van der Waals surface area contributed by atoms with E-state index in [1.165, 1.54) is 0 Å². The third-order valence-electron chi connectivity index (χ3n) is 7.07. The van der Waals surface area contributed by atoms with E-state index < -0.39 is 6.10 Å². The standard InChI is InChI=1S/C29H34N4O6/c1-5-22-28(18(2)39-31-22)29(35)33-14-23-26(15-33)37-17-20-7-6-8-21(11-20)38-25-12-19(9-10-24(25)36-4)13-32(3)16-27(34)30-23/h6-12,23,26H,5,13-17H2,1-4H3,(H,30,34)/t23-,26-/m0/s1. The fourth-order valence-electron chi connectivity index (χ4n) is 5.13. The van der Waals surface area contributed by atoms with E-state index in [9.17, 15) is 9.59 Å². The molecule has 0 unspecified atom stereocenters. The minimum absolute atomic E-state index is 0.139. The number of carbonyl (C=O) groups is 2. The number of amides is 2. The number of carbonyl (C=O) groups excluding carboxylic acids is 2. The summed E-state index contributed by atoms with van der Waals surface area (Å²) in [5, 5.41) is 7.15. The first-order valence-corrected chi connectivity index (χ1v) is 13.1. The Hall–Kier alpha value is -3.89. The van der Waals surface area contributed by atoms with Crippen LogP contribution in [0.4, 0.5) is 0 Å². The molecule has 0 aliphatic carbocycles. The van der Waals surface area contributed by atoms with E-state index in [4.69, 9.17) is 18.7 Å². The molecular formula is C29H34N4O6. The molecule has 1 aromatic heterocycles. The van der Waals surface area contributed by atoms with Gasteiger partial charge in [-0.15, -0.1) is 0 Å². The summed E-state index contributed by atoms with van der Waals surface area (Å²) in [5.74, 6) is 2.07. The molecule has 206 valence electrons. The number of nitrogens with zero attached hydrogens (tertiary/aromatic N) is 3. The van der Waals surface area contributed by atoms with Crippen LogP contribution in [-0.4, -0.2) is 72.7 Å². The highest BCUT2D eigenvalue weighted by atomic mass is 16.5. The summed E-state index contributed by atoms with van der Waals surface area (Å²) < 4.78 is 23.3. The second kappa shape index (κ2) is 11.5. The maximum Gasteiger partial charge on any atom is 0.259 e. The molecule has 0 radical (unpaired) electrons. The van der Waals surface area contributed by atoms with Gasteiger partial charge in [-0.1, -0.05) is 30.3 Å². The molecule has 0 saturated carbocycles. The van der Waals surface area contributed by atoms with Gasteiger partial charge < -0.3 is 29.0 Å². The van der Waals surface area contributed by atoms with Crippen molar-refractivity contribution in [3.8, 4) is 17.2 Å². The lowest BCUT2D eigenvalue weighted by Crippen LogP contribution is -2.47. The van der Waals surface area contributed by atoms with Crippen molar-refractivity contribution in [1.82, 2.24) is 20.3 Å². The number of ether oxygens (including phenoxy) is 3. The van der Waals surface area contributed by atoms with Gasteiger partial charge in [-0.2, -0.15) is 0 Å². The molecule has 2 aromatic carbocycles. The fraction of sp³-hybridized carbons (Fsp3) is 0.414. The molecule has 3 heterocycles. The van der Waals surface area contributed by atoms with Gasteiger partial charge in [-0.05, 0) is 55.8 Å². The Kier molecular flexibility index (Phi) is 7.85. The quantitative estimate of drug-likeness (QED) is 0.546. The molecule has 2 atom stereocenters. The number of hydrogen-bond donors (Lipinski definition) is 1. The number of methoxy groups -OCH3 is 1. The molecule has 5 rings (SSSR count). The van der Waals surface area contributed by atoms with Crippen LogP contribution < -0.4 is 14.8 Å². The van der Waals surface area contributed by atoms with E-state index in [1.54, 1.807) is 18.9 Å². The maximum atomic E-state index is 13.5. The van der Waals surface area contributed by atoms with E-state index in [0.717, 1.165) is 11.1 Å². The SMILES string of the molecule is CCc1noc(C)c1C(=O)N1C[C@@H]2NC(=O)CN(C)Cc3ccc(OC)c(c3)Oc3cccc(c3)CO[C@H]2C1. The van der Waals surface area contributed by atoms with Crippen molar-refractivity contribution in [3.05, 3.63) is 70.6 Å². The van der Waals surface area contributed by atoms with Crippen molar-refractivity contribution in [2.24, 2.45) is 0 Å². The Morgan fingerprint density at radius 2 is 2.00 bits per heavy atom. The Morgan fingerprint density at radius 1 is 1.15 bits per heavy atom.